The van der Waals surface area contributed by atoms with Gasteiger partial charge in [-0.1, -0.05) is 24.1 Å². The van der Waals surface area contributed by atoms with E-state index in [0.29, 0.717) is 0 Å². The summed E-state index contributed by atoms with van der Waals surface area (Å²) >= 11 is 0. The Morgan fingerprint density at radius 2 is 2.13 bits per heavy atom. The van der Waals surface area contributed by atoms with Gasteiger partial charge in [0.25, 0.3) is 0 Å². The molecule has 0 aromatic heterocycles. The van der Waals surface area contributed by atoms with Crippen molar-refractivity contribution in [2.75, 3.05) is 0 Å². The number of hydrogen-bond donors (Lipinski definition) is 1. The number of quaternary nitrogens is 1. The van der Waals surface area contributed by atoms with Crippen LogP contribution in [0.4, 0.5) is 0 Å². The predicted octanol–water partition coefficient (Wildman–Crippen LogP) is 1.08. The van der Waals surface area contributed by atoms with Gasteiger partial charge in [-0.05, 0) is 19.4 Å². The first-order valence-corrected chi connectivity index (χ1v) is 4.86. The largest absolute Gasteiger partial charge is 0.348 e. The first-order valence-electron chi connectivity index (χ1n) is 4.86. The monoisotopic (exact) mass is 198 g/mol. The minimum Gasteiger partial charge on any atom is -0.252 e. The number of fused-ring (bicyclic) bond motifs is 1. The fourth-order valence-electron chi connectivity index (χ4n) is 1.80. The molecular formula is C13H12NO+. The Labute approximate surface area is 89.0 Å². The van der Waals surface area contributed by atoms with Gasteiger partial charge < -0.3 is 0 Å². The molecule has 0 atom stereocenters. The van der Waals surface area contributed by atoms with Crippen molar-refractivity contribution >= 4 is 11.5 Å². The zero-order valence-corrected chi connectivity index (χ0v) is 8.79. The number of carbonyl (C=O) groups excluding carboxylic acids is 1. The van der Waals surface area contributed by atoms with Crippen LogP contribution >= 0.6 is 0 Å². The van der Waals surface area contributed by atoms with Crippen molar-refractivity contribution < 1.29 is 10.1 Å². The Morgan fingerprint density at radius 1 is 1.33 bits per heavy atom. The first kappa shape index (κ1) is 9.70. The normalized spacial score (nSPS) is 13.7. The summed E-state index contributed by atoms with van der Waals surface area (Å²) in [5.41, 5.74) is 3.68. The van der Waals surface area contributed by atoms with Crippen molar-refractivity contribution in [1.29, 1.82) is 0 Å². The van der Waals surface area contributed by atoms with Crippen molar-refractivity contribution in [1.82, 2.24) is 0 Å². The third-order valence-electron chi connectivity index (χ3n) is 2.47. The minimum absolute atomic E-state index is 0.0738. The van der Waals surface area contributed by atoms with Crippen molar-refractivity contribution in [3.63, 3.8) is 0 Å². The van der Waals surface area contributed by atoms with E-state index < -0.39 is 0 Å². The molecule has 2 rings (SSSR count). The third kappa shape index (κ3) is 1.58. The van der Waals surface area contributed by atoms with Gasteiger partial charge in [-0.2, -0.15) is 0 Å². The van der Waals surface area contributed by atoms with Gasteiger partial charge in [-0.25, -0.2) is 4.79 Å². The maximum absolute atomic E-state index is 11.7. The second-order valence-electron chi connectivity index (χ2n) is 3.48. The zero-order chi connectivity index (χ0) is 10.8. The molecule has 0 bridgehead atoms. The number of benzene rings is 1. The fourth-order valence-corrected chi connectivity index (χ4v) is 1.80. The van der Waals surface area contributed by atoms with Gasteiger partial charge in [0.05, 0.1) is 11.1 Å². The molecule has 2 heteroatoms. The lowest BCUT2D eigenvalue weighted by Crippen LogP contribution is -2.83. The van der Waals surface area contributed by atoms with E-state index in [4.69, 9.17) is 0 Å². The zero-order valence-electron chi connectivity index (χ0n) is 8.79. The number of primary amides is 1. The average Bonchev–Trinajstić information content (AvgIpc) is 2.22. The molecule has 1 aliphatic rings. The molecule has 0 radical (unpaired) electrons. The lowest BCUT2D eigenvalue weighted by Gasteiger charge is -2.12. The maximum atomic E-state index is 11.7. The summed E-state index contributed by atoms with van der Waals surface area (Å²) in [4.78, 5) is 11.7. The lowest BCUT2D eigenvalue weighted by atomic mass is 9.94. The predicted molar refractivity (Wildman–Crippen MR) is 58.9 cm³/mol. The van der Waals surface area contributed by atoms with Crippen LogP contribution < -0.4 is 5.32 Å². The summed E-state index contributed by atoms with van der Waals surface area (Å²) in [7, 11) is 0. The van der Waals surface area contributed by atoms with Gasteiger partial charge in [0, 0.05) is 5.56 Å². The summed E-state index contributed by atoms with van der Waals surface area (Å²) in [5.74, 6) is 5.95. The highest BCUT2D eigenvalue weighted by atomic mass is 16.1. The number of carbonyl (C=O) groups is 1. The first-order chi connectivity index (χ1) is 7.24. The Morgan fingerprint density at radius 3 is 2.87 bits per heavy atom. The van der Waals surface area contributed by atoms with Crippen LogP contribution in [0.25, 0.3) is 5.57 Å². The number of amides is 1. The highest BCUT2D eigenvalue weighted by Gasteiger charge is 2.23. The smallest absolute Gasteiger partial charge is 0.252 e. The third-order valence-corrected chi connectivity index (χ3v) is 2.47. The molecule has 1 aliphatic heterocycles. The molecule has 2 N–H and O–H groups in total. The second kappa shape index (κ2) is 3.72. The van der Waals surface area contributed by atoms with E-state index >= 15 is 0 Å². The van der Waals surface area contributed by atoms with E-state index in [1.807, 2.05) is 25.1 Å². The Hall–Kier alpha value is -1.85. The summed E-state index contributed by atoms with van der Waals surface area (Å²) in [6.07, 6.45) is 1.79. The summed E-state index contributed by atoms with van der Waals surface area (Å²) < 4.78 is 0. The highest BCUT2D eigenvalue weighted by Crippen LogP contribution is 2.22. The van der Waals surface area contributed by atoms with E-state index in [2.05, 4.69) is 11.8 Å². The Bertz CT molecular complexity index is 515. The summed E-state index contributed by atoms with van der Waals surface area (Å²) in [6, 6.07) is 5.86. The van der Waals surface area contributed by atoms with Crippen LogP contribution in [0.15, 0.2) is 24.4 Å². The van der Waals surface area contributed by atoms with E-state index in [-0.39, 0.29) is 5.91 Å². The van der Waals surface area contributed by atoms with E-state index in [1.165, 1.54) is 0 Å². The number of aryl methyl sites for hydroxylation is 1. The molecule has 2 nitrogen and oxygen atoms in total. The molecule has 0 spiro atoms. The molecule has 0 fully saturated rings. The van der Waals surface area contributed by atoms with E-state index in [0.717, 1.165) is 22.3 Å². The topological polar surface area (TPSA) is 33.7 Å². The van der Waals surface area contributed by atoms with Crippen LogP contribution in [0.5, 0.6) is 0 Å². The van der Waals surface area contributed by atoms with E-state index in [9.17, 15) is 4.79 Å². The van der Waals surface area contributed by atoms with Crippen molar-refractivity contribution in [2.45, 2.75) is 13.8 Å². The Balaban J connectivity index is 2.67. The molecule has 1 heterocycles. The number of nitrogens with two attached hydrogens (primary N) is 1. The molecule has 1 amide bonds. The van der Waals surface area contributed by atoms with Crippen LogP contribution in [0, 0.1) is 18.8 Å². The summed E-state index contributed by atoms with van der Waals surface area (Å²) in [6.45, 7) is 3.75. The molecular weight excluding hydrogens is 186 g/mol. The van der Waals surface area contributed by atoms with Gasteiger partial charge in [0.2, 0.25) is 0 Å². The number of rotatable bonds is 0. The molecule has 0 saturated carbocycles. The maximum Gasteiger partial charge on any atom is 0.348 e. The van der Waals surface area contributed by atoms with Gasteiger partial charge in [0.1, 0.15) is 6.20 Å². The molecule has 1 aromatic rings. The quantitative estimate of drug-likeness (QED) is 0.622. The van der Waals surface area contributed by atoms with E-state index in [1.54, 1.807) is 18.4 Å². The Kier molecular flexibility index (Phi) is 2.40. The lowest BCUT2D eigenvalue weighted by molar-refractivity contribution is -0.481. The molecule has 0 aliphatic carbocycles. The second-order valence-corrected chi connectivity index (χ2v) is 3.48. The van der Waals surface area contributed by atoms with Crippen LogP contribution in [0.2, 0.25) is 0 Å². The fraction of sp³-hybridized carbons (Fsp3) is 0.154. The van der Waals surface area contributed by atoms with Gasteiger partial charge in [-0.15, -0.1) is 5.92 Å². The van der Waals surface area contributed by atoms with Crippen molar-refractivity contribution in [2.24, 2.45) is 0 Å². The number of hydrogen-bond acceptors (Lipinski definition) is 1. The van der Waals surface area contributed by atoms with Crippen LogP contribution in [-0.2, 0) is 0 Å². The van der Waals surface area contributed by atoms with Gasteiger partial charge in [-0.3, -0.25) is 5.32 Å². The molecule has 1 aromatic carbocycles. The van der Waals surface area contributed by atoms with Crippen molar-refractivity contribution in [3.05, 3.63) is 41.1 Å². The SMILES string of the molecule is CC#CC1=C[NH2+]C(=O)c2c(C)cccc21. The van der Waals surface area contributed by atoms with Crippen molar-refractivity contribution in [3.8, 4) is 11.8 Å². The molecule has 74 valence electrons. The molecule has 15 heavy (non-hydrogen) atoms. The molecule has 0 saturated heterocycles. The van der Waals surface area contributed by atoms with Gasteiger partial charge >= 0.3 is 5.91 Å². The number of allylic oxidation sites excluding steroid dienone is 1. The van der Waals surface area contributed by atoms with Crippen LogP contribution in [-0.4, -0.2) is 5.91 Å². The van der Waals surface area contributed by atoms with Crippen LogP contribution in [0.1, 0.15) is 28.4 Å². The average molecular weight is 198 g/mol. The summed E-state index contributed by atoms with van der Waals surface area (Å²) in [5, 5.41) is 1.59. The highest BCUT2D eigenvalue weighted by molar-refractivity contribution is 5.99. The molecule has 0 unspecified atom stereocenters. The van der Waals surface area contributed by atoms with Crippen LogP contribution in [0.3, 0.4) is 0 Å². The standard InChI is InChI=1S/C13H11NO/c1-3-5-10-8-14-13(15)12-9(2)6-4-7-11(10)12/h4,6-8H,1-2H3,(H,14,15)/p+1. The van der Waals surface area contributed by atoms with Gasteiger partial charge in [0.15, 0.2) is 0 Å². The minimum atomic E-state index is 0.0738.